The smallest absolute Gasteiger partial charge is 0.257 e. The summed E-state index contributed by atoms with van der Waals surface area (Å²) in [5, 5.41) is 2.63. The molecule has 3 nitrogen and oxygen atoms in total. The maximum atomic E-state index is 11.1. The van der Waals surface area contributed by atoms with Crippen LogP contribution in [0, 0.1) is 0 Å². The molecular formula is C8H5Cl2NO2. The van der Waals surface area contributed by atoms with Crippen LogP contribution in [-0.4, -0.2) is 12.3 Å². The average Bonchev–Trinajstić information content (AvgIpc) is 2.10. The Labute approximate surface area is 84.6 Å². The minimum absolute atomic E-state index is 0.278. The molecule has 0 aliphatic heterocycles. The third kappa shape index (κ3) is 2.44. The first kappa shape index (κ1) is 10.0. The van der Waals surface area contributed by atoms with Gasteiger partial charge in [0.05, 0.1) is 10.0 Å². The molecule has 0 atom stereocenters. The second kappa shape index (κ2) is 4.25. The average molecular weight is 218 g/mol. The van der Waals surface area contributed by atoms with Crippen molar-refractivity contribution in [2.45, 2.75) is 0 Å². The predicted molar refractivity (Wildman–Crippen MR) is 50.0 cm³/mol. The van der Waals surface area contributed by atoms with Gasteiger partial charge < -0.3 is 0 Å². The Balaban J connectivity index is 2.96. The van der Waals surface area contributed by atoms with Gasteiger partial charge in [-0.15, -0.1) is 0 Å². The maximum Gasteiger partial charge on any atom is 0.257 e. The minimum atomic E-state index is -0.506. The highest BCUT2D eigenvalue weighted by Gasteiger charge is 2.06. The van der Waals surface area contributed by atoms with Crippen molar-refractivity contribution in [1.82, 2.24) is 5.32 Å². The lowest BCUT2D eigenvalue weighted by atomic mass is 10.2. The Kier molecular flexibility index (Phi) is 3.28. The topological polar surface area (TPSA) is 46.2 Å². The molecule has 13 heavy (non-hydrogen) atoms. The van der Waals surface area contributed by atoms with Crippen molar-refractivity contribution in [1.29, 1.82) is 0 Å². The van der Waals surface area contributed by atoms with Crippen LogP contribution < -0.4 is 5.32 Å². The largest absolute Gasteiger partial charge is 0.295 e. The zero-order chi connectivity index (χ0) is 9.84. The van der Waals surface area contributed by atoms with Gasteiger partial charge in [-0.3, -0.25) is 14.9 Å². The van der Waals surface area contributed by atoms with Crippen molar-refractivity contribution in [3.05, 3.63) is 33.8 Å². The van der Waals surface area contributed by atoms with Crippen molar-refractivity contribution in [2.24, 2.45) is 0 Å². The van der Waals surface area contributed by atoms with Crippen LogP contribution in [0.1, 0.15) is 10.4 Å². The van der Waals surface area contributed by atoms with E-state index in [9.17, 15) is 9.59 Å². The number of amides is 2. The van der Waals surface area contributed by atoms with E-state index in [2.05, 4.69) is 0 Å². The van der Waals surface area contributed by atoms with Gasteiger partial charge in [0, 0.05) is 5.56 Å². The Hall–Kier alpha value is -1.06. The molecule has 1 aromatic carbocycles. The lowest BCUT2D eigenvalue weighted by Crippen LogP contribution is -2.20. The molecular weight excluding hydrogens is 213 g/mol. The molecule has 0 radical (unpaired) electrons. The molecule has 2 amide bonds. The summed E-state index contributed by atoms with van der Waals surface area (Å²) in [5.74, 6) is -0.506. The molecule has 0 bridgehead atoms. The number of carbonyl (C=O) groups is 2. The van der Waals surface area contributed by atoms with Crippen molar-refractivity contribution in [3.8, 4) is 0 Å². The molecule has 1 rings (SSSR count). The van der Waals surface area contributed by atoms with Gasteiger partial charge in [0.2, 0.25) is 6.41 Å². The zero-order valence-electron chi connectivity index (χ0n) is 6.38. The molecule has 0 saturated heterocycles. The van der Waals surface area contributed by atoms with Crippen LogP contribution in [0.15, 0.2) is 18.2 Å². The third-order valence-corrected chi connectivity index (χ3v) is 2.11. The van der Waals surface area contributed by atoms with E-state index >= 15 is 0 Å². The summed E-state index contributed by atoms with van der Waals surface area (Å²) in [7, 11) is 0. The molecule has 5 heteroatoms. The number of hydrogen-bond donors (Lipinski definition) is 1. The first-order valence-electron chi connectivity index (χ1n) is 3.34. The van der Waals surface area contributed by atoms with Gasteiger partial charge in [-0.05, 0) is 18.2 Å². The first-order valence-corrected chi connectivity index (χ1v) is 4.10. The van der Waals surface area contributed by atoms with E-state index in [0.717, 1.165) is 0 Å². The first-order chi connectivity index (χ1) is 6.15. The van der Waals surface area contributed by atoms with E-state index in [4.69, 9.17) is 23.2 Å². The summed E-state index contributed by atoms with van der Waals surface area (Å²) < 4.78 is 0. The number of halogens is 2. The summed E-state index contributed by atoms with van der Waals surface area (Å²) in [6.45, 7) is 0. The van der Waals surface area contributed by atoms with Crippen LogP contribution in [0.5, 0.6) is 0 Å². The van der Waals surface area contributed by atoms with Gasteiger partial charge in [0.1, 0.15) is 0 Å². The highest BCUT2D eigenvalue weighted by atomic mass is 35.5. The summed E-state index contributed by atoms with van der Waals surface area (Å²) in [6, 6.07) is 4.36. The van der Waals surface area contributed by atoms with Crippen LogP contribution in [-0.2, 0) is 4.79 Å². The van der Waals surface area contributed by atoms with E-state index in [1.54, 1.807) is 0 Å². The molecule has 68 valence electrons. The Morgan fingerprint density at radius 2 is 2.00 bits per heavy atom. The second-order valence-electron chi connectivity index (χ2n) is 2.22. The van der Waals surface area contributed by atoms with E-state index in [0.29, 0.717) is 17.0 Å². The summed E-state index contributed by atoms with van der Waals surface area (Å²) >= 11 is 11.3. The number of hydrogen-bond acceptors (Lipinski definition) is 2. The Morgan fingerprint density at radius 3 is 2.54 bits per heavy atom. The van der Waals surface area contributed by atoms with Crippen molar-refractivity contribution < 1.29 is 9.59 Å². The molecule has 0 aliphatic rings. The van der Waals surface area contributed by atoms with Gasteiger partial charge in [0.15, 0.2) is 0 Å². The fraction of sp³-hybridized carbons (Fsp3) is 0. The number of carbonyl (C=O) groups excluding carboxylic acids is 2. The minimum Gasteiger partial charge on any atom is -0.295 e. The molecule has 0 unspecified atom stereocenters. The fourth-order valence-electron chi connectivity index (χ4n) is 0.774. The van der Waals surface area contributed by atoms with E-state index in [-0.39, 0.29) is 5.02 Å². The zero-order valence-corrected chi connectivity index (χ0v) is 7.89. The van der Waals surface area contributed by atoms with Gasteiger partial charge >= 0.3 is 0 Å². The Morgan fingerprint density at radius 1 is 1.31 bits per heavy atom. The third-order valence-electron chi connectivity index (χ3n) is 1.37. The summed E-state index contributed by atoms with van der Waals surface area (Å²) in [4.78, 5) is 21.0. The van der Waals surface area contributed by atoms with Gasteiger partial charge in [-0.2, -0.15) is 0 Å². The number of imide groups is 1. The van der Waals surface area contributed by atoms with E-state index in [1.807, 2.05) is 5.32 Å². The quantitative estimate of drug-likeness (QED) is 0.770. The van der Waals surface area contributed by atoms with Crippen molar-refractivity contribution >= 4 is 35.5 Å². The van der Waals surface area contributed by atoms with Crippen LogP contribution in [0.3, 0.4) is 0 Å². The molecule has 0 heterocycles. The van der Waals surface area contributed by atoms with Crippen LogP contribution in [0.4, 0.5) is 0 Å². The lowest BCUT2D eigenvalue weighted by Gasteiger charge is -1.99. The molecule has 0 fully saturated rings. The van der Waals surface area contributed by atoms with Crippen molar-refractivity contribution in [3.63, 3.8) is 0 Å². The molecule has 0 aliphatic carbocycles. The van der Waals surface area contributed by atoms with E-state index in [1.165, 1.54) is 18.2 Å². The summed E-state index contributed by atoms with van der Waals surface area (Å²) in [6.07, 6.45) is 0.310. The SMILES string of the molecule is O=CNC(=O)c1ccc(Cl)c(Cl)c1. The fourth-order valence-corrected chi connectivity index (χ4v) is 1.07. The van der Waals surface area contributed by atoms with Crippen LogP contribution in [0.2, 0.25) is 10.0 Å². The predicted octanol–water partition coefficient (Wildman–Crippen LogP) is 1.88. The van der Waals surface area contributed by atoms with Gasteiger partial charge in [0.25, 0.3) is 5.91 Å². The number of benzene rings is 1. The molecule has 0 saturated carbocycles. The molecule has 0 aromatic heterocycles. The standard InChI is InChI=1S/C8H5Cl2NO2/c9-6-2-1-5(3-7(6)10)8(13)11-4-12/h1-4H,(H,11,12,13). The Bertz CT molecular complexity index is 352. The number of nitrogens with one attached hydrogen (secondary N) is 1. The monoisotopic (exact) mass is 217 g/mol. The summed E-state index contributed by atoms with van der Waals surface area (Å²) in [5.41, 5.74) is 0.293. The second-order valence-corrected chi connectivity index (χ2v) is 3.03. The highest BCUT2D eigenvalue weighted by molar-refractivity contribution is 6.42. The van der Waals surface area contributed by atoms with Crippen LogP contribution >= 0.6 is 23.2 Å². The molecule has 1 N–H and O–H groups in total. The van der Waals surface area contributed by atoms with Crippen molar-refractivity contribution in [2.75, 3.05) is 0 Å². The maximum absolute atomic E-state index is 11.1. The normalized spacial score (nSPS) is 9.38. The van der Waals surface area contributed by atoms with E-state index < -0.39 is 5.91 Å². The highest BCUT2D eigenvalue weighted by Crippen LogP contribution is 2.22. The molecule has 0 spiro atoms. The van der Waals surface area contributed by atoms with Gasteiger partial charge in [-0.25, -0.2) is 0 Å². The number of rotatable bonds is 2. The van der Waals surface area contributed by atoms with Gasteiger partial charge in [-0.1, -0.05) is 23.2 Å². The van der Waals surface area contributed by atoms with Crippen LogP contribution in [0.25, 0.3) is 0 Å². The molecule has 1 aromatic rings. The lowest BCUT2D eigenvalue weighted by molar-refractivity contribution is -0.108.